The van der Waals surface area contributed by atoms with Gasteiger partial charge in [-0.15, -0.1) is 0 Å². The number of benzene rings is 2. The molecule has 1 amide bonds. The monoisotopic (exact) mass is 441 g/mol. The molecular formula is C26H27N5O2. The number of H-pyrrole nitrogens is 1. The number of carbonyl (C=O) groups excluding carboxylic acids is 1. The fourth-order valence-corrected chi connectivity index (χ4v) is 4.85. The van der Waals surface area contributed by atoms with Crippen molar-refractivity contribution in [3.8, 4) is 17.5 Å². The van der Waals surface area contributed by atoms with Gasteiger partial charge in [-0.2, -0.15) is 10.4 Å². The van der Waals surface area contributed by atoms with Crippen LogP contribution in [0.1, 0.15) is 64.0 Å². The van der Waals surface area contributed by atoms with Gasteiger partial charge in [-0.3, -0.25) is 9.89 Å². The summed E-state index contributed by atoms with van der Waals surface area (Å²) in [6.07, 6.45) is 2.66. The number of carbonyl (C=O) groups is 1. The number of hydrogen-bond acceptors (Lipinski definition) is 5. The molecular weight excluding hydrogens is 414 g/mol. The van der Waals surface area contributed by atoms with E-state index in [9.17, 15) is 10.1 Å². The van der Waals surface area contributed by atoms with Crippen molar-refractivity contribution in [3.05, 3.63) is 70.5 Å². The molecule has 1 atom stereocenters. The SMILES string of the molecule is Cc1ccc(C(=O)N2CCC(c3ccccc3C#N)CC2)cc1-c1n[nH]c(C2CCOC2)n1. The highest BCUT2D eigenvalue weighted by atomic mass is 16.5. The van der Waals surface area contributed by atoms with Gasteiger partial charge in [0, 0.05) is 36.7 Å². The van der Waals surface area contributed by atoms with Crippen LogP contribution in [0.5, 0.6) is 0 Å². The number of amides is 1. The van der Waals surface area contributed by atoms with E-state index in [1.807, 2.05) is 54.3 Å². The molecule has 33 heavy (non-hydrogen) atoms. The molecule has 0 bridgehead atoms. The second-order valence-electron chi connectivity index (χ2n) is 8.90. The van der Waals surface area contributed by atoms with E-state index in [1.165, 1.54) is 0 Å². The predicted molar refractivity (Wildman–Crippen MR) is 124 cm³/mol. The van der Waals surface area contributed by atoms with Crippen molar-refractivity contribution in [1.82, 2.24) is 20.1 Å². The van der Waals surface area contributed by atoms with E-state index in [-0.39, 0.29) is 11.8 Å². The largest absolute Gasteiger partial charge is 0.381 e. The van der Waals surface area contributed by atoms with Gasteiger partial charge in [-0.05, 0) is 61.4 Å². The Labute approximate surface area is 193 Å². The summed E-state index contributed by atoms with van der Waals surface area (Å²) in [5.41, 5.74) is 4.40. The highest BCUT2D eigenvalue weighted by molar-refractivity contribution is 5.95. The van der Waals surface area contributed by atoms with Gasteiger partial charge in [-0.25, -0.2) is 4.98 Å². The van der Waals surface area contributed by atoms with Gasteiger partial charge in [0.15, 0.2) is 5.82 Å². The minimum absolute atomic E-state index is 0.0308. The highest BCUT2D eigenvalue weighted by Gasteiger charge is 2.27. The van der Waals surface area contributed by atoms with Crippen LogP contribution in [-0.2, 0) is 4.74 Å². The van der Waals surface area contributed by atoms with E-state index in [1.54, 1.807) is 0 Å². The standard InChI is InChI=1S/C26H27N5O2/c1-17-6-7-19(14-23(17)25-28-24(29-30-25)21-10-13-33-16-21)26(32)31-11-8-18(9-12-31)22-5-3-2-4-20(22)15-27/h2-7,14,18,21H,8-13,16H2,1H3,(H,28,29,30). The minimum atomic E-state index is 0.0308. The zero-order valence-electron chi connectivity index (χ0n) is 18.8. The van der Waals surface area contributed by atoms with Crippen LogP contribution in [0.2, 0.25) is 0 Å². The number of aromatic amines is 1. The number of hydrogen-bond donors (Lipinski definition) is 1. The third-order valence-electron chi connectivity index (χ3n) is 6.85. The normalized spacial score (nSPS) is 18.9. The Bertz CT molecular complexity index is 1200. The number of likely N-dealkylation sites (tertiary alicyclic amines) is 1. The van der Waals surface area contributed by atoms with Gasteiger partial charge in [0.05, 0.1) is 18.2 Å². The number of nitrogens with zero attached hydrogens (tertiary/aromatic N) is 4. The Morgan fingerprint density at radius 1 is 1.15 bits per heavy atom. The van der Waals surface area contributed by atoms with E-state index in [2.05, 4.69) is 16.3 Å². The first-order valence-corrected chi connectivity index (χ1v) is 11.5. The van der Waals surface area contributed by atoms with Crippen molar-refractivity contribution in [2.24, 2.45) is 0 Å². The lowest BCUT2D eigenvalue weighted by atomic mass is 9.86. The van der Waals surface area contributed by atoms with Crippen LogP contribution in [0.15, 0.2) is 42.5 Å². The molecule has 168 valence electrons. The van der Waals surface area contributed by atoms with Crippen LogP contribution in [0, 0.1) is 18.3 Å². The summed E-state index contributed by atoms with van der Waals surface area (Å²) < 4.78 is 5.46. The Hall–Kier alpha value is -3.50. The number of nitrogens with one attached hydrogen (secondary N) is 1. The van der Waals surface area contributed by atoms with Crippen LogP contribution >= 0.6 is 0 Å². The number of rotatable bonds is 4. The Morgan fingerprint density at radius 3 is 2.73 bits per heavy atom. The zero-order chi connectivity index (χ0) is 22.8. The molecule has 3 heterocycles. The molecule has 3 aromatic rings. The summed E-state index contributed by atoms with van der Waals surface area (Å²) in [6.45, 7) is 4.79. The molecule has 1 N–H and O–H groups in total. The van der Waals surface area contributed by atoms with Crippen molar-refractivity contribution < 1.29 is 9.53 Å². The first-order chi connectivity index (χ1) is 16.1. The molecule has 5 rings (SSSR count). The summed E-state index contributed by atoms with van der Waals surface area (Å²) in [7, 11) is 0. The molecule has 0 aliphatic carbocycles. The van der Waals surface area contributed by atoms with Crippen molar-refractivity contribution in [2.45, 2.75) is 38.0 Å². The van der Waals surface area contributed by atoms with Gasteiger partial charge in [0.25, 0.3) is 5.91 Å². The van der Waals surface area contributed by atoms with Gasteiger partial charge in [0.2, 0.25) is 0 Å². The Kier molecular flexibility index (Phi) is 5.93. The molecule has 2 saturated heterocycles. The maximum Gasteiger partial charge on any atom is 0.253 e. The average Bonchev–Trinajstić information content (AvgIpc) is 3.56. The summed E-state index contributed by atoms with van der Waals surface area (Å²) in [6, 6.07) is 15.8. The lowest BCUT2D eigenvalue weighted by Crippen LogP contribution is -2.38. The van der Waals surface area contributed by atoms with Crippen molar-refractivity contribution >= 4 is 5.91 Å². The number of piperidine rings is 1. The van der Waals surface area contributed by atoms with Crippen molar-refractivity contribution in [3.63, 3.8) is 0 Å². The number of aromatic nitrogens is 3. The van der Waals surface area contributed by atoms with Crippen LogP contribution in [0.4, 0.5) is 0 Å². The fraction of sp³-hybridized carbons (Fsp3) is 0.385. The minimum Gasteiger partial charge on any atom is -0.381 e. The summed E-state index contributed by atoms with van der Waals surface area (Å²) >= 11 is 0. The van der Waals surface area contributed by atoms with E-state index < -0.39 is 0 Å². The molecule has 2 aromatic carbocycles. The van der Waals surface area contributed by atoms with Gasteiger partial charge in [-0.1, -0.05) is 24.3 Å². The topological polar surface area (TPSA) is 94.9 Å². The quantitative estimate of drug-likeness (QED) is 0.655. The second kappa shape index (κ2) is 9.16. The molecule has 0 spiro atoms. The fourth-order valence-electron chi connectivity index (χ4n) is 4.85. The Balaban J connectivity index is 1.30. The van der Waals surface area contributed by atoms with E-state index in [0.29, 0.717) is 37.0 Å². The molecule has 7 heteroatoms. The van der Waals surface area contributed by atoms with Gasteiger partial charge >= 0.3 is 0 Å². The zero-order valence-corrected chi connectivity index (χ0v) is 18.8. The maximum atomic E-state index is 13.3. The first-order valence-electron chi connectivity index (χ1n) is 11.5. The lowest BCUT2D eigenvalue weighted by molar-refractivity contribution is 0.0713. The molecule has 1 unspecified atom stereocenters. The van der Waals surface area contributed by atoms with Gasteiger partial charge in [0.1, 0.15) is 5.82 Å². The van der Waals surface area contributed by atoms with E-state index in [4.69, 9.17) is 9.72 Å². The third-order valence-corrected chi connectivity index (χ3v) is 6.85. The van der Waals surface area contributed by atoms with Crippen LogP contribution < -0.4 is 0 Å². The van der Waals surface area contributed by atoms with Crippen LogP contribution in [-0.4, -0.2) is 52.3 Å². The number of ether oxygens (including phenoxy) is 1. The highest BCUT2D eigenvalue weighted by Crippen LogP contribution is 2.31. The van der Waals surface area contributed by atoms with Crippen LogP contribution in [0.3, 0.4) is 0 Å². The molecule has 0 radical (unpaired) electrons. The summed E-state index contributed by atoms with van der Waals surface area (Å²) in [5.74, 6) is 2.06. The van der Waals surface area contributed by atoms with Crippen LogP contribution in [0.25, 0.3) is 11.4 Å². The number of nitriles is 1. The first kappa shape index (κ1) is 21.4. The predicted octanol–water partition coefficient (Wildman–Crippen LogP) is 4.18. The lowest BCUT2D eigenvalue weighted by Gasteiger charge is -2.32. The summed E-state index contributed by atoms with van der Waals surface area (Å²) in [5, 5.41) is 16.9. The molecule has 2 aliphatic rings. The average molecular weight is 442 g/mol. The van der Waals surface area contributed by atoms with E-state index >= 15 is 0 Å². The molecule has 2 fully saturated rings. The van der Waals surface area contributed by atoms with E-state index in [0.717, 1.165) is 53.9 Å². The smallest absolute Gasteiger partial charge is 0.253 e. The molecule has 1 aromatic heterocycles. The summed E-state index contributed by atoms with van der Waals surface area (Å²) in [4.78, 5) is 19.9. The maximum absolute atomic E-state index is 13.3. The molecule has 2 aliphatic heterocycles. The third kappa shape index (κ3) is 4.27. The van der Waals surface area contributed by atoms with Gasteiger partial charge < -0.3 is 9.64 Å². The second-order valence-corrected chi connectivity index (χ2v) is 8.90. The van der Waals surface area contributed by atoms with Crippen molar-refractivity contribution in [2.75, 3.05) is 26.3 Å². The molecule has 7 nitrogen and oxygen atoms in total. The number of aryl methyl sites for hydroxylation is 1. The van der Waals surface area contributed by atoms with Crippen molar-refractivity contribution in [1.29, 1.82) is 5.26 Å². The molecule has 0 saturated carbocycles. The Morgan fingerprint density at radius 2 is 1.97 bits per heavy atom.